The molecule has 6 heteroatoms. The average Bonchev–Trinajstić information content (AvgIpc) is 2.62. The summed E-state index contributed by atoms with van der Waals surface area (Å²) in [5.74, 6) is 0.985. The molecule has 1 aliphatic heterocycles. The Morgan fingerprint density at radius 3 is 2.59 bits per heavy atom. The third-order valence-corrected chi connectivity index (χ3v) is 4.52. The molecular weight excluding hydrogens is 344 g/mol. The Morgan fingerprint density at radius 1 is 1.22 bits per heavy atom. The summed E-state index contributed by atoms with van der Waals surface area (Å²) in [7, 11) is 0. The predicted octanol–water partition coefficient (Wildman–Crippen LogP) is 3.45. The summed E-state index contributed by atoms with van der Waals surface area (Å²) in [4.78, 5) is 26.1. The molecule has 0 spiro atoms. The first-order valence-corrected chi connectivity index (χ1v) is 9.01. The second-order valence-corrected chi connectivity index (χ2v) is 6.58. The summed E-state index contributed by atoms with van der Waals surface area (Å²) in [5, 5.41) is 2.81. The Labute approximate surface area is 159 Å². The lowest BCUT2D eigenvalue weighted by Crippen LogP contribution is -2.44. The molecule has 0 aliphatic carbocycles. The van der Waals surface area contributed by atoms with Crippen LogP contribution in [0.25, 0.3) is 0 Å². The second-order valence-electron chi connectivity index (χ2n) is 6.58. The molecule has 0 saturated heterocycles. The fourth-order valence-corrected chi connectivity index (χ4v) is 3.18. The first kappa shape index (κ1) is 18.8. The molecule has 0 saturated carbocycles. The van der Waals surface area contributed by atoms with E-state index >= 15 is 0 Å². The number of carbonyl (C=O) groups excluding carboxylic acids is 2. The Hall–Kier alpha value is -3.02. The molecule has 1 heterocycles. The number of nitrogens with zero attached hydrogens (tertiary/aromatic N) is 1. The number of hydrogen-bond donors (Lipinski definition) is 1. The zero-order chi connectivity index (χ0) is 19.6. The predicted molar refractivity (Wildman–Crippen MR) is 105 cm³/mol. The number of amides is 2. The molecule has 2 amide bonds. The maximum atomic E-state index is 12.3. The molecule has 0 aromatic heterocycles. The van der Waals surface area contributed by atoms with Crippen LogP contribution in [0.3, 0.4) is 0 Å². The summed E-state index contributed by atoms with van der Waals surface area (Å²) in [6.07, 6.45) is -0.546. The number of nitrogens with one attached hydrogen (secondary N) is 1. The lowest BCUT2D eigenvalue weighted by Gasteiger charge is -2.32. The van der Waals surface area contributed by atoms with Crippen LogP contribution in [0, 0.1) is 13.8 Å². The number of aryl methyl sites for hydroxylation is 2. The number of rotatable bonds is 5. The van der Waals surface area contributed by atoms with Crippen LogP contribution in [0.4, 0.5) is 11.4 Å². The van der Waals surface area contributed by atoms with Crippen LogP contribution in [0.15, 0.2) is 36.4 Å². The standard InChI is InChI=1S/C21H24N2O4/c1-5-23-17-10-9-16(11-18(17)27-15(4)21(23)25)22-19(24)12-26-20-13(2)7-6-8-14(20)3/h6-11,15H,5,12H2,1-4H3,(H,22,24). The minimum atomic E-state index is -0.546. The molecule has 1 atom stereocenters. The highest BCUT2D eigenvalue weighted by atomic mass is 16.5. The van der Waals surface area contributed by atoms with Gasteiger partial charge in [0, 0.05) is 18.3 Å². The van der Waals surface area contributed by atoms with E-state index in [-0.39, 0.29) is 18.4 Å². The van der Waals surface area contributed by atoms with E-state index in [1.54, 1.807) is 30.0 Å². The number of fused-ring (bicyclic) bond motifs is 1. The quantitative estimate of drug-likeness (QED) is 0.878. The van der Waals surface area contributed by atoms with Crippen molar-refractivity contribution in [1.29, 1.82) is 0 Å². The van der Waals surface area contributed by atoms with Crippen molar-refractivity contribution >= 4 is 23.2 Å². The average molecular weight is 368 g/mol. The molecule has 1 unspecified atom stereocenters. The normalized spacial score (nSPS) is 15.8. The van der Waals surface area contributed by atoms with Crippen molar-refractivity contribution in [3.8, 4) is 11.5 Å². The van der Waals surface area contributed by atoms with Crippen molar-refractivity contribution in [1.82, 2.24) is 0 Å². The topological polar surface area (TPSA) is 67.9 Å². The van der Waals surface area contributed by atoms with E-state index in [4.69, 9.17) is 9.47 Å². The molecule has 1 N–H and O–H groups in total. The molecule has 3 rings (SSSR count). The van der Waals surface area contributed by atoms with E-state index in [9.17, 15) is 9.59 Å². The maximum absolute atomic E-state index is 12.3. The van der Waals surface area contributed by atoms with Crippen LogP contribution in [-0.2, 0) is 9.59 Å². The van der Waals surface area contributed by atoms with Gasteiger partial charge in [-0.25, -0.2) is 0 Å². The number of hydrogen-bond acceptors (Lipinski definition) is 4. The Bertz CT molecular complexity index is 858. The van der Waals surface area contributed by atoms with Crippen molar-refractivity contribution in [2.45, 2.75) is 33.8 Å². The molecule has 0 bridgehead atoms. The van der Waals surface area contributed by atoms with E-state index in [0.29, 0.717) is 23.7 Å². The fraction of sp³-hybridized carbons (Fsp3) is 0.333. The SMILES string of the molecule is CCN1C(=O)C(C)Oc2cc(NC(=O)COc3c(C)cccc3C)ccc21. The third kappa shape index (κ3) is 3.89. The summed E-state index contributed by atoms with van der Waals surface area (Å²) in [6.45, 7) is 8.01. The first-order valence-electron chi connectivity index (χ1n) is 9.01. The van der Waals surface area contributed by atoms with Gasteiger partial charge in [0.15, 0.2) is 12.7 Å². The van der Waals surface area contributed by atoms with E-state index in [2.05, 4.69) is 5.32 Å². The molecule has 142 valence electrons. The Morgan fingerprint density at radius 2 is 1.93 bits per heavy atom. The van der Waals surface area contributed by atoms with E-state index in [1.807, 2.05) is 39.0 Å². The highest BCUT2D eigenvalue weighted by Gasteiger charge is 2.30. The number of benzene rings is 2. The van der Waals surface area contributed by atoms with Crippen LogP contribution < -0.4 is 19.7 Å². The molecule has 0 fully saturated rings. The van der Waals surface area contributed by atoms with E-state index in [1.165, 1.54) is 0 Å². The minimum absolute atomic E-state index is 0.0659. The van der Waals surface area contributed by atoms with Crippen molar-refractivity contribution in [3.63, 3.8) is 0 Å². The lowest BCUT2D eigenvalue weighted by molar-refractivity contribution is -0.125. The minimum Gasteiger partial charge on any atom is -0.483 e. The maximum Gasteiger partial charge on any atom is 0.267 e. The van der Waals surface area contributed by atoms with Crippen molar-refractivity contribution in [2.24, 2.45) is 0 Å². The molecular formula is C21H24N2O4. The van der Waals surface area contributed by atoms with Crippen LogP contribution in [0.2, 0.25) is 0 Å². The van der Waals surface area contributed by atoms with Gasteiger partial charge in [-0.1, -0.05) is 18.2 Å². The summed E-state index contributed by atoms with van der Waals surface area (Å²) < 4.78 is 11.4. The van der Waals surface area contributed by atoms with Gasteiger partial charge < -0.3 is 19.7 Å². The summed E-state index contributed by atoms with van der Waals surface area (Å²) in [5.41, 5.74) is 3.29. The molecule has 27 heavy (non-hydrogen) atoms. The molecule has 2 aromatic rings. The lowest BCUT2D eigenvalue weighted by atomic mass is 10.1. The zero-order valence-electron chi connectivity index (χ0n) is 16.0. The largest absolute Gasteiger partial charge is 0.483 e. The molecule has 6 nitrogen and oxygen atoms in total. The number of ether oxygens (including phenoxy) is 2. The van der Waals surface area contributed by atoms with Gasteiger partial charge in [-0.15, -0.1) is 0 Å². The zero-order valence-corrected chi connectivity index (χ0v) is 16.0. The van der Waals surface area contributed by atoms with Crippen molar-refractivity contribution in [2.75, 3.05) is 23.4 Å². The van der Waals surface area contributed by atoms with Gasteiger partial charge >= 0.3 is 0 Å². The van der Waals surface area contributed by atoms with Gasteiger partial charge in [0.25, 0.3) is 11.8 Å². The smallest absolute Gasteiger partial charge is 0.267 e. The van der Waals surface area contributed by atoms with E-state index in [0.717, 1.165) is 16.9 Å². The van der Waals surface area contributed by atoms with Crippen LogP contribution in [0.1, 0.15) is 25.0 Å². The van der Waals surface area contributed by atoms with Gasteiger partial charge in [-0.2, -0.15) is 0 Å². The van der Waals surface area contributed by atoms with Crippen molar-refractivity contribution in [3.05, 3.63) is 47.5 Å². The number of carbonyl (C=O) groups is 2. The number of para-hydroxylation sites is 1. The first-order chi connectivity index (χ1) is 12.9. The van der Waals surface area contributed by atoms with Crippen LogP contribution in [0.5, 0.6) is 11.5 Å². The molecule has 2 aromatic carbocycles. The summed E-state index contributed by atoms with van der Waals surface area (Å²) in [6, 6.07) is 11.1. The fourth-order valence-electron chi connectivity index (χ4n) is 3.18. The second kappa shape index (κ2) is 7.70. The third-order valence-electron chi connectivity index (χ3n) is 4.52. The van der Waals surface area contributed by atoms with Gasteiger partial charge in [0.05, 0.1) is 5.69 Å². The monoisotopic (exact) mass is 368 g/mol. The molecule has 1 aliphatic rings. The van der Waals surface area contributed by atoms with Gasteiger partial charge in [-0.3, -0.25) is 9.59 Å². The number of anilines is 2. The highest BCUT2D eigenvalue weighted by molar-refractivity contribution is 6.00. The number of likely N-dealkylation sites (N-methyl/N-ethyl adjacent to an activating group) is 1. The Balaban J connectivity index is 1.69. The van der Waals surface area contributed by atoms with E-state index < -0.39 is 6.10 Å². The molecule has 0 radical (unpaired) electrons. The highest BCUT2D eigenvalue weighted by Crippen LogP contribution is 2.36. The van der Waals surface area contributed by atoms with Crippen LogP contribution in [-0.4, -0.2) is 31.1 Å². The van der Waals surface area contributed by atoms with Crippen molar-refractivity contribution < 1.29 is 19.1 Å². The van der Waals surface area contributed by atoms with Crippen LogP contribution >= 0.6 is 0 Å². The summed E-state index contributed by atoms with van der Waals surface area (Å²) >= 11 is 0. The Kier molecular flexibility index (Phi) is 5.35. The van der Waals surface area contributed by atoms with Gasteiger partial charge in [-0.05, 0) is 51.0 Å². The van der Waals surface area contributed by atoms with Gasteiger partial charge in [0.1, 0.15) is 11.5 Å². The van der Waals surface area contributed by atoms with Gasteiger partial charge in [0.2, 0.25) is 0 Å².